The van der Waals surface area contributed by atoms with Crippen LogP contribution in [0.1, 0.15) is 79.6 Å². The molecule has 1 aliphatic heterocycles. The highest BCUT2D eigenvalue weighted by Gasteiger charge is 2.62. The molecule has 0 amide bonds. The van der Waals surface area contributed by atoms with E-state index in [2.05, 4.69) is 27.7 Å². The third-order valence-corrected chi connectivity index (χ3v) is 8.01. The SMILES string of the molecule is CC1(C)CCC[C@@]2(C)[C@@H]1CC[C@@]1(C)O[C@](C)([C@H](O)CO)CC[C@H]21. The van der Waals surface area contributed by atoms with Crippen LogP contribution in [-0.4, -0.2) is 34.1 Å². The van der Waals surface area contributed by atoms with Gasteiger partial charge in [-0.3, -0.25) is 0 Å². The molecule has 2 N–H and O–H groups in total. The Kier molecular flexibility index (Phi) is 4.18. The van der Waals surface area contributed by atoms with E-state index in [0.29, 0.717) is 16.7 Å². The van der Waals surface area contributed by atoms with E-state index in [0.717, 1.165) is 25.2 Å². The fourth-order valence-electron chi connectivity index (χ4n) is 6.81. The highest BCUT2D eigenvalue weighted by Crippen LogP contribution is 2.65. The summed E-state index contributed by atoms with van der Waals surface area (Å²) in [6.07, 6.45) is 7.45. The van der Waals surface area contributed by atoms with E-state index >= 15 is 0 Å². The first kappa shape index (κ1) is 17.7. The largest absolute Gasteiger partial charge is 0.394 e. The summed E-state index contributed by atoms with van der Waals surface area (Å²) in [6.45, 7) is 11.5. The van der Waals surface area contributed by atoms with E-state index in [1.54, 1.807) is 0 Å². The Morgan fingerprint density at radius 2 is 1.61 bits per heavy atom. The smallest absolute Gasteiger partial charge is 0.106 e. The first-order chi connectivity index (χ1) is 10.6. The van der Waals surface area contributed by atoms with Crippen molar-refractivity contribution >= 4 is 0 Å². The lowest BCUT2D eigenvalue weighted by molar-refractivity contribution is -0.287. The molecule has 2 aliphatic carbocycles. The van der Waals surface area contributed by atoms with E-state index in [4.69, 9.17) is 4.74 Å². The second kappa shape index (κ2) is 5.44. The number of hydrogen-bond donors (Lipinski definition) is 2. The van der Waals surface area contributed by atoms with Crippen molar-refractivity contribution in [1.29, 1.82) is 0 Å². The average molecular weight is 325 g/mol. The zero-order valence-corrected chi connectivity index (χ0v) is 15.7. The van der Waals surface area contributed by atoms with Crippen molar-refractivity contribution in [1.82, 2.24) is 0 Å². The van der Waals surface area contributed by atoms with Gasteiger partial charge in [-0.1, -0.05) is 27.2 Å². The Labute approximate surface area is 141 Å². The molecule has 0 radical (unpaired) electrons. The number of fused-ring (bicyclic) bond motifs is 3. The van der Waals surface area contributed by atoms with E-state index in [1.165, 1.54) is 25.7 Å². The predicted octanol–water partition coefficient (Wildman–Crippen LogP) is 3.91. The molecule has 3 aliphatic rings. The minimum absolute atomic E-state index is 0.165. The molecule has 0 spiro atoms. The lowest BCUT2D eigenvalue weighted by atomic mass is 9.44. The van der Waals surface area contributed by atoms with Gasteiger partial charge in [-0.05, 0) is 75.0 Å². The predicted molar refractivity (Wildman–Crippen MR) is 92.2 cm³/mol. The number of hydrogen-bond acceptors (Lipinski definition) is 3. The van der Waals surface area contributed by atoms with Crippen LogP contribution in [0, 0.1) is 22.7 Å². The number of rotatable bonds is 2. The summed E-state index contributed by atoms with van der Waals surface area (Å²) in [6, 6.07) is 0. The molecule has 3 nitrogen and oxygen atoms in total. The van der Waals surface area contributed by atoms with Gasteiger partial charge in [0.05, 0.1) is 17.8 Å². The highest BCUT2D eigenvalue weighted by atomic mass is 16.5. The summed E-state index contributed by atoms with van der Waals surface area (Å²) in [5, 5.41) is 19.7. The van der Waals surface area contributed by atoms with E-state index < -0.39 is 11.7 Å². The molecule has 3 fully saturated rings. The van der Waals surface area contributed by atoms with Crippen molar-refractivity contribution in [2.75, 3.05) is 6.61 Å². The molecule has 134 valence electrons. The summed E-state index contributed by atoms with van der Waals surface area (Å²) >= 11 is 0. The zero-order chi connectivity index (χ0) is 17.1. The van der Waals surface area contributed by atoms with Crippen LogP contribution in [0.2, 0.25) is 0 Å². The first-order valence-corrected chi connectivity index (χ1v) is 9.57. The van der Waals surface area contributed by atoms with E-state index in [-0.39, 0.29) is 12.2 Å². The lowest BCUT2D eigenvalue weighted by Crippen LogP contribution is -2.64. The molecule has 0 aromatic carbocycles. The van der Waals surface area contributed by atoms with Gasteiger partial charge in [-0.2, -0.15) is 0 Å². The van der Waals surface area contributed by atoms with Gasteiger partial charge in [-0.25, -0.2) is 0 Å². The molecule has 1 heterocycles. The average Bonchev–Trinajstić information content (AvgIpc) is 2.44. The monoisotopic (exact) mass is 324 g/mol. The summed E-state index contributed by atoms with van der Waals surface area (Å²) in [5.74, 6) is 1.34. The lowest BCUT2D eigenvalue weighted by Gasteiger charge is -2.65. The Balaban J connectivity index is 1.90. The Morgan fingerprint density at radius 3 is 2.26 bits per heavy atom. The van der Waals surface area contributed by atoms with Crippen LogP contribution in [0.5, 0.6) is 0 Å². The summed E-state index contributed by atoms with van der Waals surface area (Å²) in [4.78, 5) is 0. The molecular weight excluding hydrogens is 288 g/mol. The van der Waals surface area contributed by atoms with Crippen molar-refractivity contribution < 1.29 is 14.9 Å². The Bertz CT molecular complexity index is 462. The van der Waals surface area contributed by atoms with Gasteiger partial charge in [-0.15, -0.1) is 0 Å². The molecule has 0 aromatic rings. The minimum Gasteiger partial charge on any atom is -0.394 e. The molecule has 0 unspecified atom stereocenters. The Morgan fingerprint density at radius 1 is 0.957 bits per heavy atom. The van der Waals surface area contributed by atoms with Gasteiger partial charge in [0.2, 0.25) is 0 Å². The van der Waals surface area contributed by atoms with Gasteiger partial charge in [0, 0.05) is 0 Å². The van der Waals surface area contributed by atoms with Crippen molar-refractivity contribution in [3.63, 3.8) is 0 Å². The summed E-state index contributed by atoms with van der Waals surface area (Å²) in [7, 11) is 0. The zero-order valence-electron chi connectivity index (χ0n) is 15.7. The number of ether oxygens (including phenoxy) is 1. The third-order valence-electron chi connectivity index (χ3n) is 8.01. The molecule has 6 atom stereocenters. The second-order valence-corrected chi connectivity index (χ2v) is 9.96. The normalized spacial score (nSPS) is 50.7. The molecule has 1 saturated heterocycles. The maximum absolute atomic E-state index is 10.3. The first-order valence-electron chi connectivity index (χ1n) is 9.57. The molecular formula is C20H36O3. The van der Waals surface area contributed by atoms with E-state index in [1.807, 2.05) is 6.92 Å². The second-order valence-electron chi connectivity index (χ2n) is 9.96. The standard InChI is InChI=1S/C20H36O3/c1-17(2)9-6-10-18(3)14(17)7-11-19(4)15(18)8-12-20(5,23-19)16(22)13-21/h14-16,21-22H,6-13H2,1-5H3/t14-,15-,16-,18+,19-,20+/m1/s1. The quantitative estimate of drug-likeness (QED) is 0.809. The van der Waals surface area contributed by atoms with Crippen LogP contribution in [0.25, 0.3) is 0 Å². The number of aliphatic hydroxyl groups excluding tert-OH is 2. The molecule has 23 heavy (non-hydrogen) atoms. The van der Waals surface area contributed by atoms with Crippen LogP contribution in [0.15, 0.2) is 0 Å². The molecule has 3 rings (SSSR count). The van der Waals surface area contributed by atoms with Crippen molar-refractivity contribution in [2.45, 2.75) is 96.9 Å². The van der Waals surface area contributed by atoms with Gasteiger partial charge in [0.1, 0.15) is 6.10 Å². The summed E-state index contributed by atoms with van der Waals surface area (Å²) in [5.41, 5.74) is 0.00907. The minimum atomic E-state index is -0.784. The number of aliphatic hydroxyl groups is 2. The maximum atomic E-state index is 10.3. The van der Waals surface area contributed by atoms with E-state index in [9.17, 15) is 10.2 Å². The fourth-order valence-corrected chi connectivity index (χ4v) is 6.81. The van der Waals surface area contributed by atoms with Gasteiger partial charge >= 0.3 is 0 Å². The van der Waals surface area contributed by atoms with Gasteiger partial charge in [0.15, 0.2) is 0 Å². The Hall–Kier alpha value is -0.120. The van der Waals surface area contributed by atoms with Crippen molar-refractivity contribution in [2.24, 2.45) is 22.7 Å². The van der Waals surface area contributed by atoms with Crippen molar-refractivity contribution in [3.8, 4) is 0 Å². The molecule has 0 aromatic heterocycles. The van der Waals surface area contributed by atoms with Crippen LogP contribution in [0.3, 0.4) is 0 Å². The van der Waals surface area contributed by atoms with Gasteiger partial charge < -0.3 is 14.9 Å². The van der Waals surface area contributed by atoms with Crippen molar-refractivity contribution in [3.05, 3.63) is 0 Å². The topological polar surface area (TPSA) is 49.7 Å². The van der Waals surface area contributed by atoms with Crippen LogP contribution < -0.4 is 0 Å². The molecule has 3 heteroatoms. The maximum Gasteiger partial charge on any atom is 0.106 e. The summed E-state index contributed by atoms with van der Waals surface area (Å²) < 4.78 is 6.59. The molecule has 2 saturated carbocycles. The van der Waals surface area contributed by atoms with Crippen LogP contribution in [0.4, 0.5) is 0 Å². The van der Waals surface area contributed by atoms with Crippen LogP contribution in [-0.2, 0) is 4.74 Å². The fraction of sp³-hybridized carbons (Fsp3) is 1.00. The molecule has 0 bridgehead atoms. The van der Waals surface area contributed by atoms with Gasteiger partial charge in [0.25, 0.3) is 0 Å². The highest BCUT2D eigenvalue weighted by molar-refractivity contribution is 5.11. The van der Waals surface area contributed by atoms with Crippen LogP contribution >= 0.6 is 0 Å². The third kappa shape index (κ3) is 2.58.